The standard InChI is InChI=1S/C37H44ClN2O5S2.Na.H2O/c1-36(2)29-13-5-7-15-31(29)39(23-9-11-25-46(41)42)33(36)21-19-27-17-18-28(35(27)38)20-22-34-37(3,4)30-14-6-8-16-32(30)40(34)24-10-12-26-47(43,44)45;;/h5-8,13-16,19-22H,9-12,17-18,23-26H2,1-4H3;;1H2/q-1;+1;. The summed E-state index contributed by atoms with van der Waals surface area (Å²) in [4.78, 5) is 2.27. The predicted molar refractivity (Wildman–Crippen MR) is 194 cm³/mol. The van der Waals surface area contributed by atoms with Gasteiger partial charge in [0.25, 0.3) is 10.1 Å². The molecule has 2 aliphatic heterocycles. The fraction of sp³-hybridized carbons (Fsp3) is 0.432. The topological polar surface area (TPSA) is 125 Å². The van der Waals surface area contributed by atoms with E-state index >= 15 is 0 Å². The van der Waals surface area contributed by atoms with Gasteiger partial charge in [0.05, 0.1) is 11.2 Å². The van der Waals surface area contributed by atoms with Gasteiger partial charge >= 0.3 is 29.6 Å². The van der Waals surface area contributed by atoms with Crippen molar-refractivity contribution in [3.63, 3.8) is 0 Å². The summed E-state index contributed by atoms with van der Waals surface area (Å²) in [7, 11) is -6.01. The largest absolute Gasteiger partial charge is 1.00 e. The van der Waals surface area contributed by atoms with E-state index in [2.05, 4.69) is 91.8 Å². The van der Waals surface area contributed by atoms with Gasteiger partial charge in [0.15, 0.2) is 5.71 Å². The third kappa shape index (κ3) is 9.26. The number of hydrogen-bond donors (Lipinski definition) is 1. The Morgan fingerprint density at radius 3 is 2.27 bits per heavy atom. The first-order valence-electron chi connectivity index (χ1n) is 16.3. The molecule has 0 bridgehead atoms. The van der Waals surface area contributed by atoms with Gasteiger partial charge < -0.3 is 18.8 Å². The summed E-state index contributed by atoms with van der Waals surface area (Å²) in [5.41, 5.74) is 8.78. The van der Waals surface area contributed by atoms with Gasteiger partial charge in [-0.1, -0.05) is 96.9 Å². The van der Waals surface area contributed by atoms with E-state index in [4.69, 9.17) is 11.6 Å². The molecule has 0 saturated carbocycles. The number of para-hydroxylation sites is 2. The molecule has 1 aliphatic carbocycles. The number of unbranched alkanes of at least 4 members (excludes halogenated alkanes) is 2. The zero-order valence-corrected chi connectivity index (χ0v) is 33.5. The molecule has 0 saturated heterocycles. The minimum absolute atomic E-state index is 0. The molecular weight excluding hydrogens is 691 g/mol. The van der Waals surface area contributed by atoms with Crippen LogP contribution in [0.5, 0.6) is 0 Å². The average molecular weight is 737 g/mol. The maximum absolute atomic E-state index is 11.3. The van der Waals surface area contributed by atoms with Gasteiger partial charge in [0.1, 0.15) is 6.54 Å². The number of nitrogens with zero attached hydrogens (tertiary/aromatic N) is 2. The summed E-state index contributed by atoms with van der Waals surface area (Å²) in [5.74, 6) is -0.0672. The van der Waals surface area contributed by atoms with Crippen LogP contribution in [0.4, 0.5) is 11.4 Å². The summed E-state index contributed by atoms with van der Waals surface area (Å²) in [6.07, 6.45) is 12.7. The summed E-state index contributed by atoms with van der Waals surface area (Å²) < 4.78 is 56.2. The zero-order valence-electron chi connectivity index (χ0n) is 29.1. The summed E-state index contributed by atoms with van der Waals surface area (Å²) in [5, 5.41) is 0.768. The van der Waals surface area contributed by atoms with Crippen molar-refractivity contribution < 1.29 is 61.0 Å². The number of halogens is 1. The van der Waals surface area contributed by atoms with Crippen molar-refractivity contribution in [1.82, 2.24) is 0 Å². The van der Waals surface area contributed by atoms with E-state index in [1.54, 1.807) is 0 Å². The van der Waals surface area contributed by atoms with E-state index < -0.39 is 20.8 Å². The van der Waals surface area contributed by atoms with Crippen LogP contribution in [0, 0.1) is 0 Å². The second-order valence-electron chi connectivity index (χ2n) is 13.6. The fourth-order valence-electron chi connectivity index (χ4n) is 7.18. The van der Waals surface area contributed by atoms with Gasteiger partial charge in [0.2, 0.25) is 5.69 Å². The Labute approximate surface area is 320 Å². The van der Waals surface area contributed by atoms with E-state index in [-0.39, 0.29) is 57.4 Å². The number of benzene rings is 2. The Balaban J connectivity index is 0.00000325. The number of hydrogen-bond acceptors (Lipinski definition) is 7. The Morgan fingerprint density at radius 1 is 0.898 bits per heavy atom. The monoisotopic (exact) mass is 736 g/mol. The Kier molecular flexibility index (Phi) is 14.4. The molecule has 2 heterocycles. The quantitative estimate of drug-likeness (QED) is 0.0998. The maximum atomic E-state index is 11.3. The second kappa shape index (κ2) is 17.0. The van der Waals surface area contributed by atoms with Crippen LogP contribution in [-0.2, 0) is 40.1 Å². The Morgan fingerprint density at radius 2 is 1.57 bits per heavy atom. The van der Waals surface area contributed by atoms with Gasteiger partial charge in [-0.05, 0) is 68.4 Å². The minimum atomic E-state index is -3.98. The van der Waals surface area contributed by atoms with Crippen molar-refractivity contribution >= 4 is 49.5 Å². The van der Waals surface area contributed by atoms with Crippen LogP contribution < -0.4 is 34.5 Å². The SMILES string of the molecule is CC1(C)C(/C=C/C2=C(Cl)C(=C/C=C3\N(CCCCS(=O)(=O)O)c4ccccc4C3(C)C)/CC2)=[N+](CCCC[S-](=O)=O)c2ccccc21.[Na+].[OH-]. The number of allylic oxidation sites excluding steroid dienone is 8. The molecule has 0 aromatic heterocycles. The molecule has 260 valence electrons. The van der Waals surface area contributed by atoms with Crippen LogP contribution in [0.2, 0.25) is 0 Å². The Hall–Kier alpha value is -2.02. The molecule has 2 N–H and O–H groups in total. The van der Waals surface area contributed by atoms with E-state index in [9.17, 15) is 21.4 Å². The molecule has 3 aliphatic rings. The smallest absolute Gasteiger partial charge is 0.870 e. The van der Waals surface area contributed by atoms with Crippen molar-refractivity contribution in [2.24, 2.45) is 0 Å². The molecule has 2 aromatic carbocycles. The third-order valence-electron chi connectivity index (χ3n) is 9.69. The average Bonchev–Trinajstić information content (AvgIpc) is 3.55. The zero-order chi connectivity index (χ0) is 34.0. The summed E-state index contributed by atoms with van der Waals surface area (Å²) in [6.45, 7) is 10.3. The first-order chi connectivity index (χ1) is 22.2. The van der Waals surface area contributed by atoms with Crippen molar-refractivity contribution in [3.8, 4) is 0 Å². The molecule has 8 nitrogen and oxygen atoms in total. The van der Waals surface area contributed by atoms with E-state index in [0.717, 1.165) is 53.4 Å². The van der Waals surface area contributed by atoms with Crippen LogP contribution >= 0.6 is 11.6 Å². The number of anilines is 1. The summed E-state index contributed by atoms with van der Waals surface area (Å²) in [6, 6.07) is 16.8. The molecule has 49 heavy (non-hydrogen) atoms. The normalized spacial score (nSPS) is 19.6. The molecular formula is C37H46ClN2NaO6S2. The second-order valence-corrected chi connectivity index (χ2v) is 16.6. The first-order valence-corrected chi connectivity index (χ1v) is 19.6. The molecule has 0 amide bonds. The van der Waals surface area contributed by atoms with Gasteiger partial charge in [-0.15, -0.1) is 0 Å². The maximum Gasteiger partial charge on any atom is 1.00 e. The van der Waals surface area contributed by atoms with Crippen LogP contribution in [0.1, 0.15) is 77.3 Å². The van der Waals surface area contributed by atoms with E-state index in [1.807, 2.05) is 18.2 Å². The fourth-order valence-corrected chi connectivity index (χ4v) is 8.50. The first kappa shape index (κ1) is 41.4. The molecule has 0 unspecified atom stereocenters. The van der Waals surface area contributed by atoms with Gasteiger partial charge in [-0.3, -0.25) is 4.55 Å². The van der Waals surface area contributed by atoms with Gasteiger partial charge in [-0.25, -0.2) is 0 Å². The van der Waals surface area contributed by atoms with Crippen molar-refractivity contribution in [1.29, 1.82) is 0 Å². The molecule has 0 atom stereocenters. The Bertz CT molecular complexity index is 1880. The molecule has 2 aromatic rings. The van der Waals surface area contributed by atoms with Gasteiger partial charge in [-0.2, -0.15) is 13.0 Å². The third-order valence-corrected chi connectivity index (χ3v) is 11.6. The van der Waals surface area contributed by atoms with Crippen LogP contribution in [0.15, 0.2) is 94.7 Å². The van der Waals surface area contributed by atoms with Crippen molar-refractivity contribution in [2.45, 2.75) is 77.0 Å². The van der Waals surface area contributed by atoms with Crippen LogP contribution in [0.25, 0.3) is 0 Å². The molecule has 12 heteroatoms. The molecule has 0 radical (unpaired) electrons. The number of fused-ring (bicyclic) bond motifs is 2. The van der Waals surface area contributed by atoms with Crippen LogP contribution in [-0.4, -0.2) is 53.3 Å². The number of rotatable bonds is 13. The van der Waals surface area contributed by atoms with Crippen molar-refractivity contribution in [2.75, 3.05) is 29.5 Å². The van der Waals surface area contributed by atoms with E-state index in [0.29, 0.717) is 25.8 Å². The molecule has 5 rings (SSSR count). The minimum Gasteiger partial charge on any atom is -0.870 e. The molecule has 0 spiro atoms. The van der Waals surface area contributed by atoms with Crippen molar-refractivity contribution in [3.05, 3.63) is 106 Å². The predicted octanol–water partition coefficient (Wildman–Crippen LogP) is 5.10. The van der Waals surface area contributed by atoms with Crippen LogP contribution in [0.3, 0.4) is 0 Å². The van der Waals surface area contributed by atoms with Gasteiger partial charge in [0, 0.05) is 52.5 Å². The summed E-state index contributed by atoms with van der Waals surface area (Å²) >= 11 is 7.04. The van der Waals surface area contributed by atoms with E-state index in [1.165, 1.54) is 22.5 Å². The molecule has 0 fully saturated rings.